The second kappa shape index (κ2) is 6.42. The molecule has 1 aromatic heterocycles. The number of hydrogen-bond donors (Lipinski definition) is 2. The van der Waals surface area contributed by atoms with Crippen molar-refractivity contribution in [2.75, 3.05) is 24.7 Å². The van der Waals surface area contributed by atoms with Crippen molar-refractivity contribution in [3.63, 3.8) is 0 Å². The van der Waals surface area contributed by atoms with E-state index in [0.29, 0.717) is 18.3 Å². The molecule has 0 unspecified atom stereocenters. The fourth-order valence-electron chi connectivity index (χ4n) is 1.49. The fourth-order valence-corrected chi connectivity index (χ4v) is 1.87. The normalized spacial score (nSPS) is 10.6. The van der Waals surface area contributed by atoms with Gasteiger partial charge in [0.25, 0.3) is 5.89 Å². The summed E-state index contributed by atoms with van der Waals surface area (Å²) in [4.78, 5) is 4.30. The Hall–Kier alpha value is -1.53. The van der Waals surface area contributed by atoms with Gasteiger partial charge in [0.05, 0.1) is 12.4 Å². The van der Waals surface area contributed by atoms with Crippen LogP contribution in [0.25, 0.3) is 11.5 Å². The van der Waals surface area contributed by atoms with Crippen LogP contribution < -0.4 is 5.32 Å². The maximum absolute atomic E-state index is 8.72. The minimum atomic E-state index is 0.115. The lowest BCUT2D eigenvalue weighted by molar-refractivity contribution is 0.311. The Labute approximate surface area is 110 Å². The summed E-state index contributed by atoms with van der Waals surface area (Å²) in [6.45, 7) is 0.654. The Morgan fingerprint density at radius 1 is 1.33 bits per heavy atom. The van der Waals surface area contributed by atoms with E-state index in [4.69, 9.17) is 9.63 Å². The number of hydrogen-bond acceptors (Lipinski definition) is 6. The molecule has 0 atom stereocenters. The van der Waals surface area contributed by atoms with Gasteiger partial charge in [0, 0.05) is 17.8 Å². The van der Waals surface area contributed by atoms with Gasteiger partial charge in [-0.15, -0.1) is 0 Å². The van der Waals surface area contributed by atoms with Crippen LogP contribution in [0.15, 0.2) is 28.8 Å². The van der Waals surface area contributed by atoms with E-state index >= 15 is 0 Å². The molecule has 0 radical (unpaired) electrons. The number of nitrogens with one attached hydrogen (secondary N) is 1. The van der Waals surface area contributed by atoms with E-state index < -0.39 is 0 Å². The minimum Gasteiger partial charge on any atom is -0.395 e. The summed E-state index contributed by atoms with van der Waals surface area (Å²) in [6.07, 6.45) is 2.00. The average Bonchev–Trinajstić information content (AvgIpc) is 2.86. The fraction of sp³-hybridized carbons (Fsp3) is 0.333. The van der Waals surface area contributed by atoms with Crippen molar-refractivity contribution in [2.45, 2.75) is 5.75 Å². The van der Waals surface area contributed by atoms with Crippen LogP contribution >= 0.6 is 11.8 Å². The summed E-state index contributed by atoms with van der Waals surface area (Å²) in [7, 11) is 0. The highest BCUT2D eigenvalue weighted by Gasteiger charge is 2.07. The van der Waals surface area contributed by atoms with Gasteiger partial charge in [0.2, 0.25) is 0 Å². The van der Waals surface area contributed by atoms with Crippen molar-refractivity contribution in [1.82, 2.24) is 10.1 Å². The van der Waals surface area contributed by atoms with E-state index in [-0.39, 0.29) is 6.61 Å². The third kappa shape index (κ3) is 3.24. The van der Waals surface area contributed by atoms with Crippen LogP contribution in [0.2, 0.25) is 0 Å². The molecule has 2 aromatic rings. The number of nitrogens with zero attached hydrogens (tertiary/aromatic N) is 2. The van der Waals surface area contributed by atoms with Crippen LogP contribution in [0.4, 0.5) is 5.69 Å². The summed E-state index contributed by atoms with van der Waals surface area (Å²) in [6, 6.07) is 7.67. The van der Waals surface area contributed by atoms with E-state index in [1.807, 2.05) is 30.5 Å². The molecular weight excluding hydrogens is 250 g/mol. The molecule has 2 N–H and O–H groups in total. The molecule has 96 valence electrons. The third-order valence-corrected chi connectivity index (χ3v) is 2.86. The lowest BCUT2D eigenvalue weighted by Crippen LogP contribution is -2.04. The first kappa shape index (κ1) is 12.9. The van der Waals surface area contributed by atoms with E-state index in [1.165, 1.54) is 0 Å². The van der Waals surface area contributed by atoms with Crippen molar-refractivity contribution >= 4 is 17.4 Å². The Kier molecular flexibility index (Phi) is 4.60. The Morgan fingerprint density at radius 2 is 2.11 bits per heavy atom. The SMILES string of the molecule is CSCc1noc(-c2ccc(NCCO)cc2)n1. The van der Waals surface area contributed by atoms with Crippen molar-refractivity contribution < 1.29 is 9.63 Å². The zero-order valence-electron chi connectivity index (χ0n) is 10.1. The summed E-state index contributed by atoms with van der Waals surface area (Å²) >= 11 is 1.66. The van der Waals surface area contributed by atoms with Gasteiger partial charge in [0.1, 0.15) is 0 Å². The largest absolute Gasteiger partial charge is 0.395 e. The predicted octanol–water partition coefficient (Wildman–Crippen LogP) is 2.00. The standard InChI is InChI=1S/C12H15N3O2S/c1-18-8-11-14-12(17-15-11)9-2-4-10(5-3-9)13-6-7-16/h2-5,13,16H,6-8H2,1H3. The molecule has 1 aromatic carbocycles. The highest BCUT2D eigenvalue weighted by molar-refractivity contribution is 7.97. The molecule has 5 nitrogen and oxygen atoms in total. The van der Waals surface area contributed by atoms with Crippen molar-refractivity contribution in [1.29, 1.82) is 0 Å². The molecule has 0 saturated heterocycles. The van der Waals surface area contributed by atoms with Gasteiger partial charge in [-0.25, -0.2) is 0 Å². The maximum atomic E-state index is 8.72. The number of thioether (sulfide) groups is 1. The molecule has 0 bridgehead atoms. The predicted molar refractivity (Wildman–Crippen MR) is 72.5 cm³/mol. The summed E-state index contributed by atoms with van der Waals surface area (Å²) in [5.41, 5.74) is 1.85. The number of aromatic nitrogens is 2. The summed E-state index contributed by atoms with van der Waals surface area (Å²) in [5.74, 6) is 1.99. The van der Waals surface area contributed by atoms with Crippen molar-refractivity contribution in [3.8, 4) is 11.5 Å². The van der Waals surface area contributed by atoms with Gasteiger partial charge in [-0.3, -0.25) is 0 Å². The first-order valence-electron chi connectivity index (χ1n) is 5.60. The molecule has 6 heteroatoms. The van der Waals surface area contributed by atoms with Crippen LogP contribution in [0, 0.1) is 0 Å². The minimum absolute atomic E-state index is 0.115. The van der Waals surface area contributed by atoms with E-state index in [2.05, 4.69) is 15.5 Å². The highest BCUT2D eigenvalue weighted by atomic mass is 32.2. The molecule has 0 aliphatic heterocycles. The Morgan fingerprint density at radius 3 is 2.78 bits per heavy atom. The van der Waals surface area contributed by atoms with Crippen molar-refractivity contribution in [2.24, 2.45) is 0 Å². The number of anilines is 1. The van der Waals surface area contributed by atoms with E-state index in [1.54, 1.807) is 11.8 Å². The Balaban J connectivity index is 2.07. The van der Waals surface area contributed by atoms with E-state index in [9.17, 15) is 0 Å². The molecule has 0 amide bonds. The van der Waals surface area contributed by atoms with Crippen LogP contribution in [0.1, 0.15) is 5.82 Å². The molecular formula is C12H15N3O2S. The molecule has 1 heterocycles. The lowest BCUT2D eigenvalue weighted by atomic mass is 10.2. The molecule has 18 heavy (non-hydrogen) atoms. The monoisotopic (exact) mass is 265 g/mol. The van der Waals surface area contributed by atoms with Gasteiger partial charge in [-0.05, 0) is 30.5 Å². The Bertz CT molecular complexity index is 484. The number of benzene rings is 1. The third-order valence-electron chi connectivity index (χ3n) is 2.31. The number of aliphatic hydroxyl groups is 1. The molecule has 0 spiro atoms. The number of rotatable bonds is 6. The van der Waals surface area contributed by atoms with Gasteiger partial charge >= 0.3 is 0 Å². The quantitative estimate of drug-likeness (QED) is 0.832. The zero-order valence-corrected chi connectivity index (χ0v) is 10.9. The summed E-state index contributed by atoms with van der Waals surface area (Å²) < 4.78 is 5.19. The second-order valence-electron chi connectivity index (χ2n) is 3.68. The zero-order chi connectivity index (χ0) is 12.8. The van der Waals surface area contributed by atoms with Crippen LogP contribution in [-0.2, 0) is 5.75 Å². The topological polar surface area (TPSA) is 71.2 Å². The van der Waals surface area contributed by atoms with Crippen molar-refractivity contribution in [3.05, 3.63) is 30.1 Å². The molecule has 2 rings (SSSR count). The van der Waals surface area contributed by atoms with Gasteiger partial charge < -0.3 is 14.9 Å². The molecule has 0 aliphatic carbocycles. The van der Waals surface area contributed by atoms with Gasteiger partial charge in [-0.2, -0.15) is 16.7 Å². The average molecular weight is 265 g/mol. The van der Waals surface area contributed by atoms with Gasteiger partial charge in [0.15, 0.2) is 5.82 Å². The highest BCUT2D eigenvalue weighted by Crippen LogP contribution is 2.20. The van der Waals surface area contributed by atoms with Crippen LogP contribution in [0.5, 0.6) is 0 Å². The number of aliphatic hydroxyl groups excluding tert-OH is 1. The lowest BCUT2D eigenvalue weighted by Gasteiger charge is -2.03. The second-order valence-corrected chi connectivity index (χ2v) is 4.54. The molecule has 0 saturated carbocycles. The van der Waals surface area contributed by atoms with Crippen LogP contribution in [-0.4, -0.2) is 34.7 Å². The summed E-state index contributed by atoms with van der Waals surface area (Å²) in [5, 5.41) is 15.7. The smallest absolute Gasteiger partial charge is 0.257 e. The first-order valence-corrected chi connectivity index (χ1v) is 6.99. The van der Waals surface area contributed by atoms with Crippen LogP contribution in [0.3, 0.4) is 0 Å². The maximum Gasteiger partial charge on any atom is 0.257 e. The van der Waals surface area contributed by atoms with Gasteiger partial charge in [-0.1, -0.05) is 5.16 Å². The van der Waals surface area contributed by atoms with E-state index in [0.717, 1.165) is 17.0 Å². The molecule has 0 aliphatic rings. The molecule has 0 fully saturated rings. The first-order chi connectivity index (χ1) is 8.83.